The van der Waals surface area contributed by atoms with E-state index in [1.807, 2.05) is 0 Å². The highest BCUT2D eigenvalue weighted by Gasteiger charge is 2.81. The van der Waals surface area contributed by atoms with Gasteiger partial charge in [-0.25, -0.2) is 0 Å². The maximum atomic E-state index is 13.5. The molecule has 0 aliphatic carbocycles. The lowest BCUT2D eigenvalue weighted by Gasteiger charge is -2.33. The third-order valence-electron chi connectivity index (χ3n) is 2.89. The van der Waals surface area contributed by atoms with Crippen LogP contribution in [0.2, 0.25) is 0 Å². The molecule has 0 saturated heterocycles. The van der Waals surface area contributed by atoms with Crippen LogP contribution < -0.4 is 4.90 Å². The molecule has 1 aromatic rings. The highest BCUT2D eigenvalue weighted by molar-refractivity contribution is 5.47. The van der Waals surface area contributed by atoms with Crippen LogP contribution in [0.4, 0.5) is 45.2 Å². The van der Waals surface area contributed by atoms with Crippen molar-refractivity contribution in [3.63, 3.8) is 0 Å². The summed E-state index contributed by atoms with van der Waals surface area (Å²) in [6.45, 7) is 0. The van der Waals surface area contributed by atoms with E-state index in [-0.39, 0.29) is 5.69 Å². The molecule has 0 aliphatic rings. The van der Waals surface area contributed by atoms with E-state index in [2.05, 4.69) is 0 Å². The first-order chi connectivity index (χ1) is 9.66. The summed E-state index contributed by atoms with van der Waals surface area (Å²) in [7, 11) is 2.97. The number of rotatable bonds is 4. The van der Waals surface area contributed by atoms with E-state index in [0.29, 0.717) is 12.1 Å². The minimum Gasteiger partial charge on any atom is -0.378 e. The maximum absolute atomic E-state index is 13.5. The van der Waals surface area contributed by atoms with E-state index in [9.17, 15) is 39.5 Å². The average molecular weight is 339 g/mol. The molecule has 0 aromatic heterocycles. The number of anilines is 1. The van der Waals surface area contributed by atoms with Gasteiger partial charge in [0.2, 0.25) is 0 Å². The number of hydrogen-bond acceptors (Lipinski definition) is 1. The van der Waals surface area contributed by atoms with E-state index in [1.54, 1.807) is 0 Å². The van der Waals surface area contributed by atoms with Gasteiger partial charge in [0.25, 0.3) is 0 Å². The number of alkyl halides is 9. The van der Waals surface area contributed by atoms with Crippen LogP contribution in [0.5, 0.6) is 0 Å². The van der Waals surface area contributed by atoms with E-state index in [4.69, 9.17) is 0 Å². The summed E-state index contributed by atoms with van der Waals surface area (Å²) < 4.78 is 115. The Morgan fingerprint density at radius 1 is 0.682 bits per heavy atom. The van der Waals surface area contributed by atoms with Crippen LogP contribution in [0.1, 0.15) is 5.56 Å². The van der Waals surface area contributed by atoms with Gasteiger partial charge in [0, 0.05) is 25.3 Å². The summed E-state index contributed by atoms with van der Waals surface area (Å²) in [5.41, 5.74) is -1.38. The monoisotopic (exact) mass is 339 g/mol. The number of hydrogen-bond donors (Lipinski definition) is 0. The Balaban J connectivity index is 3.32. The molecule has 0 fully saturated rings. The van der Waals surface area contributed by atoms with Crippen molar-refractivity contribution in [3.05, 3.63) is 29.8 Å². The van der Waals surface area contributed by atoms with E-state index in [0.717, 1.165) is 12.1 Å². The predicted octanol–water partition coefficient (Wildman–Crippen LogP) is 4.68. The third kappa shape index (κ3) is 2.70. The second-order valence-corrected chi connectivity index (χ2v) is 4.66. The first-order valence-electron chi connectivity index (χ1n) is 5.64. The molecule has 0 N–H and O–H groups in total. The second-order valence-electron chi connectivity index (χ2n) is 4.66. The summed E-state index contributed by atoms with van der Waals surface area (Å²) >= 11 is 0. The van der Waals surface area contributed by atoms with Gasteiger partial charge in [0.05, 0.1) is 0 Å². The van der Waals surface area contributed by atoms with Crippen molar-refractivity contribution < 1.29 is 39.5 Å². The van der Waals surface area contributed by atoms with Gasteiger partial charge in [-0.05, 0) is 12.1 Å². The molecule has 10 heteroatoms. The molecule has 1 nitrogen and oxygen atoms in total. The Bertz CT molecular complexity index is 516. The summed E-state index contributed by atoms with van der Waals surface area (Å²) in [6.07, 6.45) is -6.82. The summed E-state index contributed by atoms with van der Waals surface area (Å²) in [5.74, 6) is -19.2. The average Bonchev–Trinajstić information content (AvgIpc) is 2.37. The van der Waals surface area contributed by atoms with E-state index >= 15 is 0 Å². The lowest BCUT2D eigenvalue weighted by atomic mass is 9.96. The highest BCUT2D eigenvalue weighted by atomic mass is 19.4. The van der Waals surface area contributed by atoms with Gasteiger partial charge in [-0.15, -0.1) is 0 Å². The zero-order valence-electron chi connectivity index (χ0n) is 11.2. The Kier molecular flexibility index (Phi) is 4.39. The Morgan fingerprint density at radius 2 is 1.09 bits per heavy atom. The van der Waals surface area contributed by atoms with Gasteiger partial charge in [-0.3, -0.25) is 0 Å². The number of benzene rings is 1. The maximum Gasteiger partial charge on any atom is 0.460 e. The molecule has 1 aromatic carbocycles. The smallest absolute Gasteiger partial charge is 0.378 e. The van der Waals surface area contributed by atoms with Crippen molar-refractivity contribution in [1.29, 1.82) is 0 Å². The van der Waals surface area contributed by atoms with E-state index in [1.165, 1.54) is 19.0 Å². The summed E-state index contributed by atoms with van der Waals surface area (Å²) in [5, 5.41) is 0. The van der Waals surface area contributed by atoms with E-state index < -0.39 is 29.5 Å². The van der Waals surface area contributed by atoms with Crippen molar-refractivity contribution in [2.45, 2.75) is 23.9 Å². The van der Waals surface area contributed by atoms with Crippen LogP contribution in [0, 0.1) is 0 Å². The minimum absolute atomic E-state index is 0.269. The number of halogens is 9. The van der Waals surface area contributed by atoms with Crippen molar-refractivity contribution in [2.75, 3.05) is 19.0 Å². The van der Waals surface area contributed by atoms with Crippen LogP contribution >= 0.6 is 0 Å². The Labute approximate surface area is 119 Å². The molecule has 0 aliphatic heterocycles. The van der Waals surface area contributed by atoms with Crippen LogP contribution in [-0.2, 0) is 5.92 Å². The normalized spacial score (nSPS) is 14.1. The van der Waals surface area contributed by atoms with Crippen LogP contribution in [-0.4, -0.2) is 32.1 Å². The Morgan fingerprint density at radius 3 is 1.41 bits per heavy atom. The molecule has 0 spiro atoms. The molecule has 1 rings (SSSR count). The molecule has 22 heavy (non-hydrogen) atoms. The first kappa shape index (κ1) is 18.4. The zero-order valence-corrected chi connectivity index (χ0v) is 11.2. The SMILES string of the molecule is CN(C)c1ccc(C(F)(F)C(F)(F)C(F)(F)C(F)(F)F)cc1. The second kappa shape index (κ2) is 5.24. The molecular formula is C12H10F9N. The van der Waals surface area contributed by atoms with Crippen molar-refractivity contribution >= 4 is 5.69 Å². The summed E-state index contributed by atoms with van der Waals surface area (Å²) in [4.78, 5) is 1.39. The predicted molar refractivity (Wildman–Crippen MR) is 60.6 cm³/mol. The molecule has 0 radical (unpaired) electrons. The fraction of sp³-hybridized carbons (Fsp3) is 0.500. The lowest BCUT2D eigenvalue weighted by molar-refractivity contribution is -0.399. The van der Waals surface area contributed by atoms with Crippen molar-refractivity contribution in [2.24, 2.45) is 0 Å². The first-order valence-corrected chi connectivity index (χ1v) is 5.64. The molecule has 0 heterocycles. The van der Waals surface area contributed by atoms with Gasteiger partial charge in [-0.1, -0.05) is 12.1 Å². The van der Waals surface area contributed by atoms with Gasteiger partial charge in [0.15, 0.2) is 0 Å². The molecule has 0 atom stereocenters. The van der Waals surface area contributed by atoms with Crippen molar-refractivity contribution in [1.82, 2.24) is 0 Å². The van der Waals surface area contributed by atoms with Crippen LogP contribution in [0.15, 0.2) is 24.3 Å². The quantitative estimate of drug-likeness (QED) is 0.720. The minimum atomic E-state index is -6.89. The van der Waals surface area contributed by atoms with Gasteiger partial charge in [-0.2, -0.15) is 39.5 Å². The van der Waals surface area contributed by atoms with Crippen molar-refractivity contribution in [3.8, 4) is 0 Å². The highest BCUT2D eigenvalue weighted by Crippen LogP contribution is 2.56. The molecule has 0 amide bonds. The fourth-order valence-electron chi connectivity index (χ4n) is 1.53. The molecule has 0 unspecified atom stereocenters. The van der Waals surface area contributed by atoms with Crippen LogP contribution in [0.3, 0.4) is 0 Å². The summed E-state index contributed by atoms with van der Waals surface area (Å²) in [6, 6.07) is 2.53. The van der Waals surface area contributed by atoms with Crippen LogP contribution in [0.25, 0.3) is 0 Å². The topological polar surface area (TPSA) is 3.24 Å². The molecular weight excluding hydrogens is 329 g/mol. The third-order valence-corrected chi connectivity index (χ3v) is 2.89. The lowest BCUT2D eigenvalue weighted by Crippen LogP contribution is -2.59. The standard InChI is InChI=1S/C12H10F9N/c1-22(2)8-5-3-7(4-6-8)9(13,14)10(15,16)11(17,18)12(19,20)21/h3-6H,1-2H3. The van der Waals surface area contributed by atoms with Gasteiger partial charge < -0.3 is 4.90 Å². The van der Waals surface area contributed by atoms with Gasteiger partial charge >= 0.3 is 23.9 Å². The molecule has 126 valence electrons. The Hall–Kier alpha value is -1.61. The van der Waals surface area contributed by atoms with Gasteiger partial charge in [0.1, 0.15) is 0 Å². The molecule has 0 saturated carbocycles. The zero-order chi connectivity index (χ0) is 17.6. The molecule has 0 bridgehead atoms. The fourth-order valence-corrected chi connectivity index (χ4v) is 1.53. The largest absolute Gasteiger partial charge is 0.460 e. The number of nitrogens with zero attached hydrogens (tertiary/aromatic N) is 1.